The molecule has 13 nitrogen and oxygen atoms in total. The van der Waals surface area contributed by atoms with Crippen molar-refractivity contribution < 1.29 is 51.8 Å². The zero-order valence-electron chi connectivity index (χ0n) is 34.8. The van der Waals surface area contributed by atoms with Gasteiger partial charge in [0.2, 0.25) is 29.5 Å². The minimum atomic E-state index is -4.64. The van der Waals surface area contributed by atoms with E-state index in [1.807, 2.05) is 18.2 Å². The van der Waals surface area contributed by atoms with Crippen molar-refractivity contribution in [1.29, 1.82) is 0 Å². The molecule has 63 heavy (non-hydrogen) atoms. The van der Waals surface area contributed by atoms with Gasteiger partial charge in [-0.3, -0.25) is 28.8 Å². The van der Waals surface area contributed by atoms with Crippen LogP contribution in [0.3, 0.4) is 0 Å². The number of ketones is 1. The Morgan fingerprint density at radius 1 is 0.651 bits per heavy atom. The second kappa shape index (κ2) is 21.3. The quantitative estimate of drug-likeness (QED) is 0.118. The topological polar surface area (TPSA) is 200 Å². The number of aliphatic carboxylic acids is 1. The van der Waals surface area contributed by atoms with E-state index in [1.54, 1.807) is 66.7 Å². The molecule has 0 aromatic heterocycles. The second-order valence-electron chi connectivity index (χ2n) is 16.1. The number of rotatable bonds is 10. The van der Waals surface area contributed by atoms with E-state index >= 15 is 0 Å². The average Bonchev–Trinajstić information content (AvgIpc) is 3.24. The van der Waals surface area contributed by atoms with E-state index in [9.17, 15) is 51.8 Å². The molecule has 6 N–H and O–H groups in total. The summed E-state index contributed by atoms with van der Waals surface area (Å²) in [5, 5.41) is 23.1. The average molecular weight is 870 g/mol. The lowest BCUT2D eigenvalue weighted by atomic mass is 9.88. The van der Waals surface area contributed by atoms with Gasteiger partial charge in [0.15, 0.2) is 5.78 Å². The van der Waals surface area contributed by atoms with E-state index in [1.165, 1.54) is 26.0 Å². The molecule has 0 radical (unpaired) electrons. The minimum Gasteiger partial charge on any atom is -0.480 e. The minimum absolute atomic E-state index is 0.0509. The molecular weight excluding hydrogens is 820 g/mol. The highest BCUT2D eigenvalue weighted by molar-refractivity contribution is 5.97. The SMILES string of the molecule is CC(C)(NC(=O)[C@@H]1CC(=O)[C@@H](Cc2ccccc2)NC(=O)[C@H](Cc2ccc(C(F)(F)F)cc2)NC(=O)[C@@H](CCc2ccccc2)NC(=O)CCC(=O)Nc2ccc(cc2)C1)C(=O)O. The van der Waals surface area contributed by atoms with Crippen LogP contribution in [0, 0.1) is 5.92 Å². The van der Waals surface area contributed by atoms with Gasteiger partial charge in [-0.2, -0.15) is 13.2 Å². The molecule has 2 aliphatic rings. The van der Waals surface area contributed by atoms with Gasteiger partial charge in [0.1, 0.15) is 17.6 Å². The van der Waals surface area contributed by atoms with Crippen molar-refractivity contribution in [3.63, 3.8) is 0 Å². The van der Waals surface area contributed by atoms with Crippen molar-refractivity contribution in [2.24, 2.45) is 5.92 Å². The third kappa shape index (κ3) is 14.4. The lowest BCUT2D eigenvalue weighted by molar-refractivity contribution is -0.147. The van der Waals surface area contributed by atoms with Crippen LogP contribution in [-0.4, -0.2) is 70.1 Å². The maximum absolute atomic E-state index is 14.5. The van der Waals surface area contributed by atoms with Crippen molar-refractivity contribution >= 4 is 47.0 Å². The van der Waals surface area contributed by atoms with Gasteiger partial charge in [-0.15, -0.1) is 0 Å². The molecule has 4 aromatic rings. The molecule has 0 fully saturated rings. The van der Waals surface area contributed by atoms with Crippen LogP contribution in [0.4, 0.5) is 18.9 Å². The second-order valence-corrected chi connectivity index (χ2v) is 16.1. The zero-order valence-corrected chi connectivity index (χ0v) is 34.8. The van der Waals surface area contributed by atoms with Gasteiger partial charge in [0.25, 0.3) is 0 Å². The first-order valence-electron chi connectivity index (χ1n) is 20.5. The van der Waals surface area contributed by atoms with E-state index < -0.39 is 89.0 Å². The highest BCUT2D eigenvalue weighted by Crippen LogP contribution is 2.29. The van der Waals surface area contributed by atoms with Crippen LogP contribution in [0.25, 0.3) is 0 Å². The summed E-state index contributed by atoms with van der Waals surface area (Å²) in [4.78, 5) is 95.2. The normalized spacial score (nSPS) is 19.7. The number of anilines is 1. The zero-order chi connectivity index (χ0) is 45.7. The lowest BCUT2D eigenvalue weighted by Crippen LogP contribution is -2.57. The summed E-state index contributed by atoms with van der Waals surface area (Å²) >= 11 is 0. The Bertz CT molecular complexity index is 2250. The van der Waals surface area contributed by atoms with Gasteiger partial charge in [-0.05, 0) is 86.1 Å². The van der Waals surface area contributed by atoms with Gasteiger partial charge < -0.3 is 31.7 Å². The Morgan fingerprint density at radius 3 is 1.79 bits per heavy atom. The Labute approximate surface area is 362 Å². The lowest BCUT2D eigenvalue weighted by Gasteiger charge is -2.27. The first-order valence-corrected chi connectivity index (χ1v) is 20.5. The van der Waals surface area contributed by atoms with Crippen molar-refractivity contribution in [2.75, 3.05) is 5.32 Å². The third-order valence-electron chi connectivity index (χ3n) is 10.6. The number of benzene rings is 4. The summed E-state index contributed by atoms with van der Waals surface area (Å²) in [6.07, 6.45) is -5.74. The van der Waals surface area contributed by atoms with Gasteiger partial charge in [0.05, 0.1) is 11.6 Å². The first-order chi connectivity index (χ1) is 29.9. The fraction of sp³-hybridized carbons (Fsp3) is 0.340. The number of aryl methyl sites for hydroxylation is 1. The van der Waals surface area contributed by atoms with Crippen molar-refractivity contribution in [3.8, 4) is 0 Å². The van der Waals surface area contributed by atoms with E-state index in [0.29, 0.717) is 23.2 Å². The molecule has 0 spiro atoms. The number of amides is 5. The van der Waals surface area contributed by atoms with Gasteiger partial charge in [-0.1, -0.05) is 84.9 Å². The number of Topliss-reactive ketones (excluding diaryl/α,β-unsaturated/α-hetero) is 1. The van der Waals surface area contributed by atoms with Gasteiger partial charge in [-0.25, -0.2) is 4.79 Å². The van der Waals surface area contributed by atoms with E-state index in [-0.39, 0.29) is 44.1 Å². The summed E-state index contributed by atoms with van der Waals surface area (Å²) in [6.45, 7) is 2.58. The number of nitrogens with one attached hydrogen (secondary N) is 5. The molecule has 2 aliphatic heterocycles. The number of carboxylic acid groups (broad SMARTS) is 1. The van der Waals surface area contributed by atoms with Crippen LogP contribution >= 0.6 is 0 Å². The predicted octanol–water partition coefficient (Wildman–Crippen LogP) is 5.11. The molecule has 16 heteroatoms. The molecule has 2 heterocycles. The highest BCUT2D eigenvalue weighted by atomic mass is 19.4. The maximum atomic E-state index is 14.5. The number of carbonyl (C=O) groups excluding carboxylic acids is 6. The number of fused-ring (bicyclic) bond motifs is 18. The number of alkyl halides is 3. The van der Waals surface area contributed by atoms with E-state index in [4.69, 9.17) is 0 Å². The van der Waals surface area contributed by atoms with Gasteiger partial charge in [0, 0.05) is 37.3 Å². The standard InChI is InChI=1S/C47H50F3N5O8/c1-46(2,45(62)63)55-42(59)33-25-31-15-20-35(21-16-31)51-40(57)23-24-41(58)52-36(22-17-29-9-5-3-6-10-29)43(60)54-38(27-32-13-18-34(19-14-32)47(48,49)50)44(61)53-37(39(56)28-33)26-30-11-7-4-8-12-30/h3-16,18-21,33,36-38H,17,22-28H2,1-2H3,(H,51,57)(H,52,58)(H,53,61)(H,54,60)(H,55,59)(H,62,63)/t33-,36+,37+,38-/m0/s1. The fourth-order valence-corrected chi connectivity index (χ4v) is 6.97. The molecule has 4 atom stereocenters. The number of carboxylic acids is 1. The summed E-state index contributed by atoms with van der Waals surface area (Å²) in [6, 6.07) is 24.1. The summed E-state index contributed by atoms with van der Waals surface area (Å²) < 4.78 is 40.5. The predicted molar refractivity (Wildman–Crippen MR) is 227 cm³/mol. The van der Waals surface area contributed by atoms with Crippen LogP contribution in [0.2, 0.25) is 0 Å². The van der Waals surface area contributed by atoms with Crippen LogP contribution in [0.1, 0.15) is 67.3 Å². The van der Waals surface area contributed by atoms with Crippen molar-refractivity contribution in [1.82, 2.24) is 21.3 Å². The smallest absolute Gasteiger partial charge is 0.416 e. The maximum Gasteiger partial charge on any atom is 0.416 e. The van der Waals surface area contributed by atoms with E-state index in [2.05, 4.69) is 26.6 Å². The molecule has 5 amide bonds. The highest BCUT2D eigenvalue weighted by Gasteiger charge is 2.36. The Morgan fingerprint density at radius 2 is 1.19 bits per heavy atom. The molecule has 0 saturated carbocycles. The molecule has 0 unspecified atom stereocenters. The van der Waals surface area contributed by atoms with Crippen molar-refractivity contribution in [3.05, 3.63) is 137 Å². The summed E-state index contributed by atoms with van der Waals surface area (Å²) in [5.41, 5.74) is -0.00948. The monoisotopic (exact) mass is 869 g/mol. The van der Waals surface area contributed by atoms with E-state index in [0.717, 1.165) is 17.7 Å². The third-order valence-corrected chi connectivity index (χ3v) is 10.6. The van der Waals surface area contributed by atoms with Crippen LogP contribution < -0.4 is 26.6 Å². The van der Waals surface area contributed by atoms with Crippen LogP contribution in [-0.2, 0) is 65.4 Å². The first kappa shape index (κ1) is 47.2. The molecule has 2 bridgehead atoms. The summed E-state index contributed by atoms with van der Waals surface area (Å²) in [7, 11) is 0. The number of halogens is 3. The Hall–Kier alpha value is -6.84. The summed E-state index contributed by atoms with van der Waals surface area (Å²) in [5.74, 6) is -6.64. The molecule has 6 rings (SSSR count). The fourth-order valence-electron chi connectivity index (χ4n) is 6.97. The Kier molecular flexibility index (Phi) is 16.0. The van der Waals surface area contributed by atoms with Gasteiger partial charge >= 0.3 is 12.1 Å². The largest absolute Gasteiger partial charge is 0.480 e. The van der Waals surface area contributed by atoms with Crippen LogP contribution in [0.5, 0.6) is 0 Å². The molecule has 332 valence electrons. The molecule has 0 saturated heterocycles. The number of carbonyl (C=O) groups is 7. The molecule has 0 aliphatic carbocycles. The van der Waals surface area contributed by atoms with Crippen LogP contribution in [0.15, 0.2) is 109 Å². The number of hydrogen-bond acceptors (Lipinski definition) is 7. The molecule has 4 aromatic carbocycles. The number of hydrogen-bond donors (Lipinski definition) is 6. The van der Waals surface area contributed by atoms with Crippen molar-refractivity contribution in [2.45, 2.75) is 95.1 Å². The molecular formula is C47H50F3N5O8. The Balaban J connectivity index is 1.55.